The second-order valence-corrected chi connectivity index (χ2v) is 12.6. The van der Waals surface area contributed by atoms with Crippen molar-refractivity contribution in [2.45, 2.75) is 69.3 Å². The number of pyridine rings is 1. The van der Waals surface area contributed by atoms with Gasteiger partial charge in [0.15, 0.2) is 12.0 Å². The number of aliphatic hydroxyl groups is 1. The van der Waals surface area contributed by atoms with Gasteiger partial charge in [-0.3, -0.25) is 39.3 Å². The molecule has 0 aliphatic heterocycles. The maximum absolute atomic E-state index is 13.2. The third kappa shape index (κ3) is 15.7. The molecule has 0 saturated carbocycles. The molecule has 2 rings (SSSR count). The molecule has 0 saturated heterocycles. The van der Waals surface area contributed by atoms with E-state index in [2.05, 4.69) is 41.9 Å². The number of carboxylic acids is 2. The van der Waals surface area contributed by atoms with Crippen LogP contribution in [0.2, 0.25) is 0 Å². The van der Waals surface area contributed by atoms with E-state index >= 15 is 0 Å². The monoisotopic (exact) mass is 762 g/mol. The van der Waals surface area contributed by atoms with E-state index in [-0.39, 0.29) is 38.2 Å². The lowest BCUT2D eigenvalue weighted by Crippen LogP contribution is -2.56. The number of urea groups is 1. The summed E-state index contributed by atoms with van der Waals surface area (Å²) in [6, 6.07) is 2.69. The molecule has 0 fully saturated rings. The fraction of sp³-hybridized carbons (Fsp3) is 0.469. The molecule has 20 nitrogen and oxygen atoms in total. The molecule has 13 N–H and O–H groups in total. The van der Waals surface area contributed by atoms with Gasteiger partial charge < -0.3 is 53.4 Å². The highest BCUT2D eigenvalue weighted by atomic mass is 32.2. The highest BCUT2D eigenvalue weighted by Gasteiger charge is 2.30. The number of aliphatic carboxylic acids is 2. The van der Waals surface area contributed by atoms with E-state index in [0.717, 1.165) is 0 Å². The van der Waals surface area contributed by atoms with Crippen LogP contribution in [-0.2, 0) is 28.8 Å². The van der Waals surface area contributed by atoms with Gasteiger partial charge in [0.05, 0.1) is 29.9 Å². The van der Waals surface area contributed by atoms with Gasteiger partial charge in [0, 0.05) is 24.5 Å². The summed E-state index contributed by atoms with van der Waals surface area (Å²) < 4.78 is 0. The normalized spacial score (nSPS) is 14.1. The molecule has 1 aromatic carbocycles. The number of anilines is 1. The van der Waals surface area contributed by atoms with Crippen molar-refractivity contribution in [3.8, 4) is 0 Å². The summed E-state index contributed by atoms with van der Waals surface area (Å²) in [5, 5.41) is 43.1. The van der Waals surface area contributed by atoms with Crippen molar-refractivity contribution in [2.24, 2.45) is 16.5 Å². The molecule has 0 radical (unpaired) electrons. The minimum Gasteiger partial charge on any atom is -0.481 e. The maximum Gasteiger partial charge on any atom is 0.328 e. The molecule has 53 heavy (non-hydrogen) atoms. The molecule has 290 valence electrons. The second kappa shape index (κ2) is 22.4. The number of nitrogens with zero attached hydrogens (tertiary/aromatic N) is 2. The smallest absolute Gasteiger partial charge is 0.328 e. The number of nitrogens with two attached hydrogens (primary N) is 2. The van der Waals surface area contributed by atoms with E-state index in [9.17, 15) is 43.8 Å². The first kappa shape index (κ1) is 43.6. The number of carbonyl (C=O) groups is 7. The van der Waals surface area contributed by atoms with Gasteiger partial charge in [0.1, 0.15) is 12.1 Å². The molecule has 1 aromatic heterocycles. The Kier molecular flexibility index (Phi) is 18.4. The number of carboxylic acid groups (broad SMARTS) is 2. The van der Waals surface area contributed by atoms with Gasteiger partial charge >= 0.3 is 18.0 Å². The molecule has 6 amide bonds. The van der Waals surface area contributed by atoms with Gasteiger partial charge in [-0.1, -0.05) is 6.07 Å². The summed E-state index contributed by atoms with van der Waals surface area (Å²) in [6.45, 7) is 0.530. The van der Waals surface area contributed by atoms with E-state index in [4.69, 9.17) is 16.6 Å². The number of aliphatic hydroxyl groups excluding tert-OH is 1. The van der Waals surface area contributed by atoms with Crippen molar-refractivity contribution in [1.82, 2.24) is 31.6 Å². The molecular formula is C32H46N10O10S. The minimum atomic E-state index is -1.62. The number of hydrogen-bond acceptors (Lipinski definition) is 12. The zero-order chi connectivity index (χ0) is 39.5. The summed E-state index contributed by atoms with van der Waals surface area (Å²) in [5.74, 6) is -5.78. The molecular weight excluding hydrogens is 716 g/mol. The lowest BCUT2D eigenvalue weighted by Gasteiger charge is -2.23. The predicted molar refractivity (Wildman–Crippen MR) is 196 cm³/mol. The van der Waals surface area contributed by atoms with Crippen LogP contribution in [0.15, 0.2) is 41.5 Å². The molecule has 0 spiro atoms. The Morgan fingerprint density at radius 3 is 2.30 bits per heavy atom. The lowest BCUT2D eigenvalue weighted by atomic mass is 10.1. The molecule has 0 bridgehead atoms. The number of amides is 6. The van der Waals surface area contributed by atoms with Crippen LogP contribution in [0, 0.1) is 0 Å². The summed E-state index contributed by atoms with van der Waals surface area (Å²) in [6.07, 6.45) is 1.54. The van der Waals surface area contributed by atoms with Crippen molar-refractivity contribution in [1.29, 1.82) is 0 Å². The Bertz CT molecular complexity index is 1640. The number of nitrogens with one attached hydrogen (secondary N) is 6. The largest absolute Gasteiger partial charge is 0.481 e. The van der Waals surface area contributed by atoms with Crippen LogP contribution in [0.25, 0.3) is 10.9 Å². The van der Waals surface area contributed by atoms with E-state index in [1.807, 2.05) is 0 Å². The lowest BCUT2D eigenvalue weighted by molar-refractivity contribution is -0.145. The van der Waals surface area contributed by atoms with Gasteiger partial charge in [-0.2, -0.15) is 11.8 Å². The first-order valence-electron chi connectivity index (χ1n) is 16.4. The molecule has 0 unspecified atom stereocenters. The van der Waals surface area contributed by atoms with E-state index in [1.165, 1.54) is 18.7 Å². The number of benzene rings is 1. The number of hydrogen-bond donors (Lipinski definition) is 11. The van der Waals surface area contributed by atoms with Crippen LogP contribution in [-0.4, -0.2) is 123 Å². The minimum absolute atomic E-state index is 0.00840. The predicted octanol–water partition coefficient (Wildman–Crippen LogP) is -1.57. The number of rotatable bonds is 21. The van der Waals surface area contributed by atoms with Gasteiger partial charge in [0.25, 0.3) is 0 Å². The zero-order valence-electron chi connectivity index (χ0n) is 29.2. The Balaban J connectivity index is 2.03. The Labute approximate surface area is 308 Å². The average Bonchev–Trinajstić information content (AvgIpc) is 3.10. The first-order chi connectivity index (χ1) is 25.1. The number of guanidine groups is 1. The fourth-order valence-electron chi connectivity index (χ4n) is 4.66. The summed E-state index contributed by atoms with van der Waals surface area (Å²) in [4.78, 5) is 94.6. The third-order valence-corrected chi connectivity index (χ3v) is 8.08. The van der Waals surface area contributed by atoms with Crippen LogP contribution < -0.4 is 43.4 Å². The highest BCUT2D eigenvalue weighted by Crippen LogP contribution is 2.21. The Hall–Kier alpha value is -5.54. The molecule has 0 aliphatic rings. The van der Waals surface area contributed by atoms with Gasteiger partial charge in [0.2, 0.25) is 23.6 Å². The summed E-state index contributed by atoms with van der Waals surface area (Å²) in [5.41, 5.74) is 12.8. The summed E-state index contributed by atoms with van der Waals surface area (Å²) in [7, 11) is 0. The number of aromatic nitrogens is 1. The molecule has 2 aromatic rings. The number of thioether (sulfide) groups is 1. The number of fused-ring (bicyclic) bond motifs is 1. The van der Waals surface area contributed by atoms with Crippen LogP contribution >= 0.6 is 11.8 Å². The zero-order valence-corrected chi connectivity index (χ0v) is 30.0. The molecule has 21 heteroatoms. The van der Waals surface area contributed by atoms with Gasteiger partial charge in [-0.05, 0) is 68.9 Å². The van der Waals surface area contributed by atoms with Crippen LogP contribution in [0.3, 0.4) is 0 Å². The van der Waals surface area contributed by atoms with E-state index in [0.29, 0.717) is 22.3 Å². The average molecular weight is 763 g/mol. The number of carbonyl (C=O) groups excluding carboxylic acids is 5. The van der Waals surface area contributed by atoms with Crippen molar-refractivity contribution >= 4 is 75.9 Å². The molecule has 0 aliphatic carbocycles. The van der Waals surface area contributed by atoms with Crippen molar-refractivity contribution < 1.29 is 48.9 Å². The topological polar surface area (TPSA) is 330 Å². The Morgan fingerprint density at radius 1 is 0.925 bits per heavy atom. The summed E-state index contributed by atoms with van der Waals surface area (Å²) >= 11 is 1.36. The van der Waals surface area contributed by atoms with Crippen molar-refractivity contribution in [2.75, 3.05) is 30.4 Å². The quantitative estimate of drug-likeness (QED) is 0.0389. The standard InChI is InChI=1S/C32H46N10O10S/c1-17(43)26(30(50)51)41-29(49)23(12-15-53-2)38-24(44)16-37-28(48)22(39-27(47)19(33)10-11-25(45)46)9-5-14-36-31(34)42-32(52)40-21-8-3-7-20-18(21)6-4-13-35-20/h3-4,6-8,13,17,19,22-23,26,43H,5,9-12,14-16,33H2,1-2H3,(H,37,48)(H,38,44)(H,39,47)(H,41,49)(H,45,46)(H,50,51)(H4,34,36,40,42,52)/t17-,19+,22+,23+,26+/m1/s1. The third-order valence-electron chi connectivity index (χ3n) is 7.44. The van der Waals surface area contributed by atoms with Gasteiger partial charge in [-0.25, -0.2) is 9.59 Å². The first-order valence-corrected chi connectivity index (χ1v) is 17.8. The maximum atomic E-state index is 13.2. The Morgan fingerprint density at radius 2 is 1.64 bits per heavy atom. The van der Waals surface area contributed by atoms with Crippen molar-refractivity contribution in [3.63, 3.8) is 0 Å². The number of aliphatic imine (C=N–C) groups is 1. The molecule has 5 atom stereocenters. The van der Waals surface area contributed by atoms with E-state index in [1.54, 1.807) is 42.8 Å². The second-order valence-electron chi connectivity index (χ2n) is 11.6. The SMILES string of the molecule is CSCC[C@H](NC(=O)CNC(=O)[C@H](CCCN=C(N)NC(=O)Nc1cccc2ncccc12)NC(=O)[C@@H](N)CCC(=O)O)C(=O)N[C@H](C(=O)O)[C@@H](C)O. The van der Waals surface area contributed by atoms with E-state index < -0.39 is 84.8 Å². The van der Waals surface area contributed by atoms with Crippen molar-refractivity contribution in [3.05, 3.63) is 36.5 Å². The van der Waals surface area contributed by atoms with Crippen LogP contribution in [0.4, 0.5) is 10.5 Å². The fourth-order valence-corrected chi connectivity index (χ4v) is 5.13. The van der Waals surface area contributed by atoms with Crippen LogP contribution in [0.5, 0.6) is 0 Å². The highest BCUT2D eigenvalue weighted by molar-refractivity contribution is 7.98. The van der Waals surface area contributed by atoms with Crippen LogP contribution in [0.1, 0.15) is 39.0 Å². The van der Waals surface area contributed by atoms with Gasteiger partial charge in [-0.15, -0.1) is 0 Å². The molecule has 1 heterocycles.